The van der Waals surface area contributed by atoms with Crippen molar-refractivity contribution in [1.29, 1.82) is 0 Å². The molecule has 1 unspecified atom stereocenters. The van der Waals surface area contributed by atoms with Crippen LogP contribution in [0.3, 0.4) is 0 Å². The van der Waals surface area contributed by atoms with Gasteiger partial charge in [0.15, 0.2) is 0 Å². The van der Waals surface area contributed by atoms with Crippen molar-refractivity contribution in [2.45, 2.75) is 18.2 Å². The molecule has 0 aromatic carbocycles. The summed E-state index contributed by atoms with van der Waals surface area (Å²) in [5.41, 5.74) is 0.616. The number of carbonyl (C=O) groups excluding carboxylic acids is 1. The van der Waals surface area contributed by atoms with E-state index in [0.717, 1.165) is 6.42 Å². The third-order valence-corrected chi connectivity index (χ3v) is 2.53. The molecule has 0 fully saturated rings. The minimum atomic E-state index is -0.160. The Labute approximate surface area is 84.9 Å². The number of anilines is 1. The zero-order valence-electron chi connectivity index (χ0n) is 7.20. The number of hydrogen-bond donors (Lipinski definition) is 1. The molecule has 0 aliphatic carbocycles. The van der Waals surface area contributed by atoms with E-state index in [-0.39, 0.29) is 10.7 Å². The van der Waals surface area contributed by atoms with Gasteiger partial charge >= 0.3 is 0 Å². The maximum atomic E-state index is 11.3. The van der Waals surface area contributed by atoms with Crippen LogP contribution in [0.4, 0.5) is 5.69 Å². The lowest BCUT2D eigenvalue weighted by molar-refractivity contribution is -0.115. The number of halogens is 1. The molecule has 0 saturated heterocycles. The van der Waals surface area contributed by atoms with E-state index < -0.39 is 0 Å². The molecule has 0 saturated carbocycles. The first-order valence-electron chi connectivity index (χ1n) is 3.94. The van der Waals surface area contributed by atoms with E-state index in [4.69, 9.17) is 0 Å². The molecule has 0 radical (unpaired) electrons. The second-order valence-electron chi connectivity index (χ2n) is 2.49. The van der Waals surface area contributed by atoms with Gasteiger partial charge in [0.1, 0.15) is 6.33 Å². The van der Waals surface area contributed by atoms with Crippen molar-refractivity contribution in [1.82, 2.24) is 9.97 Å². The summed E-state index contributed by atoms with van der Waals surface area (Å²) in [6.45, 7) is 1.93. The van der Waals surface area contributed by atoms with Gasteiger partial charge in [-0.15, -0.1) is 0 Å². The third-order valence-electron chi connectivity index (χ3n) is 1.47. The molecule has 0 aliphatic heterocycles. The summed E-state index contributed by atoms with van der Waals surface area (Å²) in [6, 6.07) is 0. The standard InChI is InChI=1S/C8H10BrN3O/c1-2-7(9)8(13)12-6-3-10-5-11-4-6/h3-5,7H,2H2,1H3,(H,12,13). The van der Waals surface area contributed by atoms with E-state index in [1.807, 2.05) is 6.92 Å². The average Bonchev–Trinajstić information content (AvgIpc) is 2.18. The highest BCUT2D eigenvalue weighted by Crippen LogP contribution is 2.08. The first kappa shape index (κ1) is 10.1. The molecule has 0 spiro atoms. The van der Waals surface area contributed by atoms with Gasteiger partial charge in [0.25, 0.3) is 0 Å². The smallest absolute Gasteiger partial charge is 0.238 e. The summed E-state index contributed by atoms with van der Waals surface area (Å²) in [4.78, 5) is 18.7. The van der Waals surface area contributed by atoms with Gasteiger partial charge in [0, 0.05) is 0 Å². The number of alkyl halides is 1. The van der Waals surface area contributed by atoms with Crippen LogP contribution >= 0.6 is 15.9 Å². The Morgan fingerprint density at radius 2 is 2.23 bits per heavy atom. The molecule has 1 heterocycles. The molecule has 0 aliphatic rings. The van der Waals surface area contributed by atoms with Crippen LogP contribution in [0, 0.1) is 0 Å². The maximum Gasteiger partial charge on any atom is 0.238 e. The number of aromatic nitrogens is 2. The van der Waals surface area contributed by atoms with Crippen LogP contribution in [0.15, 0.2) is 18.7 Å². The molecule has 1 atom stereocenters. The quantitative estimate of drug-likeness (QED) is 0.821. The first-order chi connectivity index (χ1) is 6.24. The summed E-state index contributed by atoms with van der Waals surface area (Å²) < 4.78 is 0. The Morgan fingerprint density at radius 3 is 2.77 bits per heavy atom. The van der Waals surface area contributed by atoms with E-state index in [2.05, 4.69) is 31.2 Å². The van der Waals surface area contributed by atoms with Crippen LogP contribution in [-0.4, -0.2) is 20.7 Å². The molecule has 5 heteroatoms. The minimum Gasteiger partial charge on any atom is -0.322 e. The van der Waals surface area contributed by atoms with Crippen molar-refractivity contribution in [2.24, 2.45) is 0 Å². The second-order valence-corrected chi connectivity index (χ2v) is 3.60. The Hall–Kier alpha value is -0.970. The molecule has 1 aromatic rings. The summed E-state index contributed by atoms with van der Waals surface area (Å²) >= 11 is 3.25. The minimum absolute atomic E-state index is 0.0719. The summed E-state index contributed by atoms with van der Waals surface area (Å²) in [5, 5.41) is 2.68. The van der Waals surface area contributed by atoms with Crippen LogP contribution in [0.5, 0.6) is 0 Å². The van der Waals surface area contributed by atoms with Gasteiger partial charge in [-0.25, -0.2) is 9.97 Å². The predicted octanol–water partition coefficient (Wildman–Crippen LogP) is 1.59. The second kappa shape index (κ2) is 4.91. The Morgan fingerprint density at radius 1 is 1.62 bits per heavy atom. The van der Waals surface area contributed by atoms with Crippen LogP contribution in [0.2, 0.25) is 0 Å². The summed E-state index contributed by atoms with van der Waals surface area (Å²) in [7, 11) is 0. The Bertz CT molecular complexity index is 278. The van der Waals surface area contributed by atoms with Crippen molar-refractivity contribution >= 4 is 27.5 Å². The van der Waals surface area contributed by atoms with Gasteiger partial charge < -0.3 is 5.32 Å². The monoisotopic (exact) mass is 243 g/mol. The summed E-state index contributed by atoms with van der Waals surface area (Å²) in [6.07, 6.45) is 5.28. The zero-order valence-corrected chi connectivity index (χ0v) is 8.78. The van der Waals surface area contributed by atoms with Gasteiger partial charge in [0.2, 0.25) is 5.91 Å². The average molecular weight is 244 g/mol. The van der Waals surface area contributed by atoms with Gasteiger partial charge in [0.05, 0.1) is 22.9 Å². The van der Waals surface area contributed by atoms with Gasteiger partial charge in [-0.1, -0.05) is 22.9 Å². The highest BCUT2D eigenvalue weighted by molar-refractivity contribution is 9.10. The van der Waals surface area contributed by atoms with E-state index in [0.29, 0.717) is 5.69 Å². The molecule has 1 N–H and O–H groups in total. The fourth-order valence-electron chi connectivity index (χ4n) is 0.770. The lowest BCUT2D eigenvalue weighted by Crippen LogP contribution is -2.22. The van der Waals surface area contributed by atoms with Crippen LogP contribution < -0.4 is 5.32 Å². The molecule has 13 heavy (non-hydrogen) atoms. The molecular weight excluding hydrogens is 234 g/mol. The number of amides is 1. The van der Waals surface area contributed by atoms with E-state index in [9.17, 15) is 4.79 Å². The molecular formula is C8H10BrN3O. The number of nitrogens with one attached hydrogen (secondary N) is 1. The lowest BCUT2D eigenvalue weighted by atomic mass is 10.3. The zero-order chi connectivity index (χ0) is 9.68. The number of hydrogen-bond acceptors (Lipinski definition) is 3. The highest BCUT2D eigenvalue weighted by atomic mass is 79.9. The van der Waals surface area contributed by atoms with E-state index >= 15 is 0 Å². The van der Waals surface area contributed by atoms with Crippen molar-refractivity contribution in [3.63, 3.8) is 0 Å². The van der Waals surface area contributed by atoms with Gasteiger partial charge in [-0.3, -0.25) is 4.79 Å². The van der Waals surface area contributed by atoms with Crippen LogP contribution in [-0.2, 0) is 4.79 Å². The maximum absolute atomic E-state index is 11.3. The third kappa shape index (κ3) is 3.10. The fraction of sp³-hybridized carbons (Fsp3) is 0.375. The molecule has 1 amide bonds. The van der Waals surface area contributed by atoms with Crippen LogP contribution in [0.1, 0.15) is 13.3 Å². The predicted molar refractivity (Wildman–Crippen MR) is 53.7 cm³/mol. The molecule has 4 nitrogen and oxygen atoms in total. The van der Waals surface area contributed by atoms with Crippen molar-refractivity contribution in [2.75, 3.05) is 5.32 Å². The molecule has 1 aromatic heterocycles. The van der Waals surface area contributed by atoms with Crippen LogP contribution in [0.25, 0.3) is 0 Å². The van der Waals surface area contributed by atoms with Crippen molar-refractivity contribution in [3.8, 4) is 0 Å². The topological polar surface area (TPSA) is 54.9 Å². The van der Waals surface area contributed by atoms with Crippen molar-refractivity contribution < 1.29 is 4.79 Å². The number of nitrogens with zero attached hydrogens (tertiary/aromatic N) is 2. The Balaban J connectivity index is 2.55. The SMILES string of the molecule is CCC(Br)C(=O)Nc1cncnc1. The number of rotatable bonds is 3. The molecule has 1 rings (SSSR count). The van der Waals surface area contributed by atoms with E-state index in [1.54, 1.807) is 12.4 Å². The molecule has 0 bridgehead atoms. The lowest BCUT2D eigenvalue weighted by Gasteiger charge is -2.07. The largest absolute Gasteiger partial charge is 0.322 e. The molecule has 70 valence electrons. The number of carbonyl (C=O) groups is 1. The van der Waals surface area contributed by atoms with E-state index in [1.165, 1.54) is 6.33 Å². The van der Waals surface area contributed by atoms with Gasteiger partial charge in [-0.05, 0) is 6.42 Å². The summed E-state index contributed by atoms with van der Waals surface area (Å²) in [5.74, 6) is -0.0719. The Kier molecular flexibility index (Phi) is 3.82. The van der Waals surface area contributed by atoms with Gasteiger partial charge in [-0.2, -0.15) is 0 Å². The van der Waals surface area contributed by atoms with Crippen molar-refractivity contribution in [3.05, 3.63) is 18.7 Å². The first-order valence-corrected chi connectivity index (χ1v) is 4.85. The fourth-order valence-corrected chi connectivity index (χ4v) is 0.884. The normalized spacial score (nSPS) is 12.2. The highest BCUT2D eigenvalue weighted by Gasteiger charge is 2.11.